The van der Waals surface area contributed by atoms with Crippen LogP contribution in [-0.4, -0.2) is 8.80 Å². The molecule has 1 aliphatic heterocycles. The van der Waals surface area contributed by atoms with E-state index >= 15 is 0 Å². The zero-order valence-electron chi connectivity index (χ0n) is 19.4. The third-order valence-corrected chi connectivity index (χ3v) is 11.9. The predicted molar refractivity (Wildman–Crippen MR) is 130 cm³/mol. The Balaban J connectivity index is 1.28. The summed E-state index contributed by atoms with van der Waals surface area (Å²) >= 11 is 0. The van der Waals surface area contributed by atoms with Gasteiger partial charge in [0.1, 0.15) is 17.5 Å². The maximum absolute atomic E-state index is 14.8. The second kappa shape index (κ2) is 11.0. The third-order valence-electron chi connectivity index (χ3n) is 8.16. The molecule has 32 heavy (non-hydrogen) atoms. The summed E-state index contributed by atoms with van der Waals surface area (Å²) < 4.78 is 42.8. The molecule has 0 radical (unpaired) electrons. The molecular weight excluding hydrogens is 421 g/mol. The maximum Gasteiger partial charge on any atom is 0.134 e. The third kappa shape index (κ3) is 5.87. The summed E-state index contributed by atoms with van der Waals surface area (Å²) in [5.74, 6) is 0.481. The molecule has 0 atom stereocenters. The molecule has 1 aliphatic carbocycles. The lowest BCUT2D eigenvalue weighted by Crippen LogP contribution is -2.22. The first kappa shape index (κ1) is 23.6. The van der Waals surface area contributed by atoms with Crippen molar-refractivity contribution >= 4 is 8.80 Å². The van der Waals surface area contributed by atoms with Crippen molar-refractivity contribution in [3.63, 3.8) is 0 Å². The summed E-state index contributed by atoms with van der Waals surface area (Å²) in [6, 6.07) is 13.0. The van der Waals surface area contributed by atoms with Gasteiger partial charge >= 0.3 is 0 Å². The van der Waals surface area contributed by atoms with Gasteiger partial charge in [-0.1, -0.05) is 69.3 Å². The minimum absolute atomic E-state index is 0.0563. The monoisotopic (exact) mass is 458 g/mol. The average Bonchev–Trinajstić information content (AvgIpc) is 2.80. The van der Waals surface area contributed by atoms with Crippen LogP contribution in [0.4, 0.5) is 13.2 Å². The summed E-state index contributed by atoms with van der Waals surface area (Å²) in [4.78, 5) is 0. The van der Waals surface area contributed by atoms with Crippen LogP contribution in [0.5, 0.6) is 0 Å². The number of halogens is 3. The van der Waals surface area contributed by atoms with Gasteiger partial charge < -0.3 is 0 Å². The molecule has 1 saturated heterocycles. The van der Waals surface area contributed by atoms with E-state index < -0.39 is 17.5 Å². The molecule has 0 amide bonds. The predicted octanol–water partition coefficient (Wildman–Crippen LogP) is 8.87. The Morgan fingerprint density at radius 2 is 1.34 bits per heavy atom. The van der Waals surface area contributed by atoms with E-state index in [9.17, 15) is 13.2 Å². The minimum Gasteiger partial charge on any atom is -0.207 e. The lowest BCUT2D eigenvalue weighted by Gasteiger charge is -2.32. The van der Waals surface area contributed by atoms with Crippen molar-refractivity contribution in [2.45, 2.75) is 88.8 Å². The maximum atomic E-state index is 14.8. The summed E-state index contributed by atoms with van der Waals surface area (Å²) in [5.41, 5.74) is 1.10. The molecule has 4 rings (SSSR count). The molecule has 0 bridgehead atoms. The van der Waals surface area contributed by atoms with Crippen LogP contribution in [0.25, 0.3) is 11.1 Å². The molecule has 0 unspecified atom stereocenters. The highest BCUT2D eigenvalue weighted by Gasteiger charge is 2.26. The van der Waals surface area contributed by atoms with Crippen LogP contribution in [0.15, 0.2) is 36.4 Å². The summed E-state index contributed by atoms with van der Waals surface area (Å²) in [6.07, 6.45) is 11.5. The van der Waals surface area contributed by atoms with Gasteiger partial charge in [-0.25, -0.2) is 13.2 Å². The molecule has 0 N–H and O–H groups in total. The molecular formula is C28H37F3Si. The van der Waals surface area contributed by atoms with Gasteiger partial charge in [0.15, 0.2) is 0 Å². The highest BCUT2D eigenvalue weighted by molar-refractivity contribution is 6.58. The van der Waals surface area contributed by atoms with Gasteiger partial charge in [0.25, 0.3) is 0 Å². The zero-order valence-corrected chi connectivity index (χ0v) is 20.5. The van der Waals surface area contributed by atoms with Crippen LogP contribution in [0.1, 0.15) is 76.2 Å². The van der Waals surface area contributed by atoms with Crippen molar-refractivity contribution < 1.29 is 13.2 Å². The number of hydrogen-bond acceptors (Lipinski definition) is 0. The fraction of sp³-hybridized carbons (Fsp3) is 0.571. The van der Waals surface area contributed by atoms with Crippen LogP contribution < -0.4 is 0 Å². The van der Waals surface area contributed by atoms with E-state index in [1.165, 1.54) is 81.3 Å². The normalized spacial score (nSPS) is 26.2. The fourth-order valence-corrected chi connectivity index (χ4v) is 9.76. The van der Waals surface area contributed by atoms with Crippen molar-refractivity contribution in [1.82, 2.24) is 0 Å². The summed E-state index contributed by atoms with van der Waals surface area (Å²) in [6.45, 7) is 2.33. The molecule has 2 fully saturated rings. The molecule has 1 saturated carbocycles. The summed E-state index contributed by atoms with van der Waals surface area (Å²) in [5, 5.41) is 0. The van der Waals surface area contributed by atoms with E-state index in [0.717, 1.165) is 30.2 Å². The van der Waals surface area contributed by atoms with Gasteiger partial charge in [-0.2, -0.15) is 0 Å². The van der Waals surface area contributed by atoms with Crippen LogP contribution >= 0.6 is 0 Å². The Hall–Kier alpha value is -1.55. The van der Waals surface area contributed by atoms with Gasteiger partial charge in [-0.05, 0) is 78.8 Å². The van der Waals surface area contributed by atoms with E-state index in [2.05, 4.69) is 6.92 Å². The average molecular weight is 459 g/mol. The SMILES string of the molecule is CCC[SiH]1CCC(CC[C@H]2CC[C@H](c3cc(F)c(-c4ccc(F)cc4)c(F)c3)CC2)CC1. The molecule has 0 spiro atoms. The largest absolute Gasteiger partial charge is 0.207 e. The second-order valence-electron chi connectivity index (χ2n) is 10.3. The Kier molecular flexibility index (Phi) is 8.15. The lowest BCUT2D eigenvalue weighted by molar-refractivity contribution is 0.279. The van der Waals surface area contributed by atoms with E-state index in [-0.39, 0.29) is 20.3 Å². The second-order valence-corrected chi connectivity index (χ2v) is 13.8. The first-order valence-electron chi connectivity index (χ1n) is 12.8. The van der Waals surface area contributed by atoms with Crippen LogP contribution in [0.3, 0.4) is 0 Å². The Labute approximate surface area is 193 Å². The Bertz CT molecular complexity index is 840. The molecule has 4 heteroatoms. The van der Waals surface area contributed by atoms with Crippen molar-refractivity contribution in [1.29, 1.82) is 0 Å². The highest BCUT2D eigenvalue weighted by Crippen LogP contribution is 2.41. The van der Waals surface area contributed by atoms with E-state index in [1.807, 2.05) is 0 Å². The Morgan fingerprint density at radius 3 is 1.91 bits per heavy atom. The van der Waals surface area contributed by atoms with Gasteiger partial charge in [0.05, 0.1) is 5.56 Å². The van der Waals surface area contributed by atoms with Crippen molar-refractivity contribution in [2.75, 3.05) is 0 Å². The van der Waals surface area contributed by atoms with Crippen LogP contribution in [0, 0.1) is 29.3 Å². The zero-order chi connectivity index (χ0) is 22.5. The highest BCUT2D eigenvalue weighted by atomic mass is 28.3. The Morgan fingerprint density at radius 1 is 0.781 bits per heavy atom. The summed E-state index contributed by atoms with van der Waals surface area (Å²) in [7, 11) is -0.380. The first-order chi connectivity index (χ1) is 15.5. The van der Waals surface area contributed by atoms with E-state index in [0.29, 0.717) is 5.56 Å². The molecule has 174 valence electrons. The van der Waals surface area contributed by atoms with Crippen molar-refractivity contribution in [3.05, 3.63) is 59.4 Å². The number of rotatable bonds is 7. The number of hydrogen-bond donors (Lipinski definition) is 0. The molecule has 2 aliphatic rings. The molecule has 1 heterocycles. The van der Waals surface area contributed by atoms with Gasteiger partial charge in [0.2, 0.25) is 0 Å². The smallest absolute Gasteiger partial charge is 0.134 e. The van der Waals surface area contributed by atoms with E-state index in [4.69, 9.17) is 0 Å². The van der Waals surface area contributed by atoms with E-state index in [1.54, 1.807) is 18.1 Å². The lowest BCUT2D eigenvalue weighted by atomic mass is 9.76. The van der Waals surface area contributed by atoms with Gasteiger partial charge in [-0.15, -0.1) is 0 Å². The first-order valence-corrected chi connectivity index (χ1v) is 15.2. The van der Waals surface area contributed by atoms with Crippen molar-refractivity contribution in [3.8, 4) is 11.1 Å². The van der Waals surface area contributed by atoms with Gasteiger partial charge in [-0.3, -0.25) is 0 Å². The number of benzene rings is 2. The topological polar surface area (TPSA) is 0 Å². The molecule has 2 aromatic carbocycles. The molecule has 0 aromatic heterocycles. The minimum atomic E-state index is -0.545. The standard InChI is InChI=1S/C28H37F3Si/c1-2-15-32-16-13-21(14-17-32)4-3-20-5-7-22(8-6-20)24-18-26(30)28(27(31)19-24)23-9-11-25(29)12-10-23/h9-12,18-22,32H,2-8,13-17H2,1H3/t20-,21?,22-,32?. The molecule has 2 aromatic rings. The van der Waals surface area contributed by atoms with Crippen LogP contribution in [-0.2, 0) is 0 Å². The quantitative estimate of drug-likeness (QED) is 0.363. The van der Waals surface area contributed by atoms with Crippen LogP contribution in [0.2, 0.25) is 18.1 Å². The molecule has 0 nitrogen and oxygen atoms in total. The van der Waals surface area contributed by atoms with Gasteiger partial charge in [0, 0.05) is 8.80 Å². The fourth-order valence-electron chi connectivity index (χ4n) is 6.19. The van der Waals surface area contributed by atoms with Crippen molar-refractivity contribution in [2.24, 2.45) is 11.8 Å².